The molecule has 1 unspecified atom stereocenters. The summed E-state index contributed by atoms with van der Waals surface area (Å²) < 4.78 is 1.91. The van der Waals surface area contributed by atoms with Crippen LogP contribution in [0.25, 0.3) is 0 Å². The molecule has 1 fully saturated rings. The first-order valence-electron chi connectivity index (χ1n) is 6.87. The maximum absolute atomic E-state index is 11.3. The second-order valence-electron chi connectivity index (χ2n) is 5.58. The van der Waals surface area contributed by atoms with E-state index in [1.165, 1.54) is 0 Å². The zero-order valence-electron chi connectivity index (χ0n) is 11.7. The van der Waals surface area contributed by atoms with Crippen LogP contribution < -0.4 is 0 Å². The van der Waals surface area contributed by atoms with Gasteiger partial charge in [-0.1, -0.05) is 6.92 Å². The summed E-state index contributed by atoms with van der Waals surface area (Å²) in [5, 5.41) is 13.5. The lowest BCUT2D eigenvalue weighted by atomic mass is 9.82. The highest BCUT2D eigenvalue weighted by atomic mass is 16.4. The molecule has 6 nitrogen and oxygen atoms in total. The molecule has 1 aliphatic heterocycles. The van der Waals surface area contributed by atoms with Crippen LogP contribution in [0.4, 0.5) is 0 Å². The van der Waals surface area contributed by atoms with Gasteiger partial charge >= 0.3 is 5.97 Å². The molecule has 1 aromatic rings. The van der Waals surface area contributed by atoms with Crippen molar-refractivity contribution in [1.29, 1.82) is 0 Å². The average Bonchev–Trinajstić information content (AvgIpc) is 2.77. The van der Waals surface area contributed by atoms with Gasteiger partial charge in [0.15, 0.2) is 0 Å². The van der Waals surface area contributed by atoms with Gasteiger partial charge in [-0.3, -0.25) is 9.69 Å². The number of rotatable bonds is 5. The lowest BCUT2D eigenvalue weighted by Crippen LogP contribution is -2.45. The molecule has 1 aromatic heterocycles. The number of aryl methyl sites for hydroxylation is 1. The Morgan fingerprint density at radius 3 is 3.05 bits per heavy atom. The lowest BCUT2D eigenvalue weighted by Gasteiger charge is -2.37. The zero-order chi connectivity index (χ0) is 13.9. The molecular weight excluding hydrogens is 244 g/mol. The van der Waals surface area contributed by atoms with E-state index in [2.05, 4.69) is 21.9 Å². The van der Waals surface area contributed by atoms with E-state index in [9.17, 15) is 9.90 Å². The van der Waals surface area contributed by atoms with Crippen LogP contribution in [-0.2, 0) is 17.9 Å². The number of aromatic nitrogens is 3. The van der Waals surface area contributed by atoms with Crippen molar-refractivity contribution < 1.29 is 9.90 Å². The standard InChI is InChI=1S/C13H22N4O2/c1-3-6-17-11(14-10-15-17)8-16-7-4-5-13(2,9-16)12(18)19/h10H,3-9H2,1-2H3,(H,18,19). The van der Waals surface area contributed by atoms with Gasteiger partial charge in [-0.25, -0.2) is 9.67 Å². The van der Waals surface area contributed by atoms with Crippen LogP contribution in [0.15, 0.2) is 6.33 Å². The number of aliphatic carboxylic acids is 1. The topological polar surface area (TPSA) is 71.2 Å². The minimum Gasteiger partial charge on any atom is -0.481 e. The third-order valence-corrected chi connectivity index (χ3v) is 3.79. The van der Waals surface area contributed by atoms with Crippen molar-refractivity contribution in [3.8, 4) is 0 Å². The molecule has 1 atom stereocenters. The van der Waals surface area contributed by atoms with Crippen LogP contribution in [0.1, 0.15) is 38.9 Å². The van der Waals surface area contributed by atoms with E-state index in [0.29, 0.717) is 13.1 Å². The van der Waals surface area contributed by atoms with E-state index in [4.69, 9.17) is 0 Å². The number of nitrogens with zero attached hydrogens (tertiary/aromatic N) is 4. The number of piperidine rings is 1. The minimum absolute atomic E-state index is 0.585. The minimum atomic E-state index is -0.702. The van der Waals surface area contributed by atoms with Crippen LogP contribution >= 0.6 is 0 Å². The second kappa shape index (κ2) is 5.69. The zero-order valence-corrected chi connectivity index (χ0v) is 11.7. The predicted molar refractivity (Wildman–Crippen MR) is 70.6 cm³/mol. The van der Waals surface area contributed by atoms with E-state index in [1.807, 2.05) is 11.6 Å². The van der Waals surface area contributed by atoms with Crippen molar-refractivity contribution in [3.05, 3.63) is 12.2 Å². The smallest absolute Gasteiger partial charge is 0.310 e. The van der Waals surface area contributed by atoms with Gasteiger partial charge < -0.3 is 5.11 Å². The molecular formula is C13H22N4O2. The van der Waals surface area contributed by atoms with Crippen LogP contribution in [0.2, 0.25) is 0 Å². The summed E-state index contributed by atoms with van der Waals surface area (Å²) in [5.41, 5.74) is -0.631. The third kappa shape index (κ3) is 3.12. The molecule has 6 heteroatoms. The van der Waals surface area contributed by atoms with E-state index >= 15 is 0 Å². The Hall–Kier alpha value is -1.43. The van der Waals surface area contributed by atoms with Crippen molar-refractivity contribution >= 4 is 5.97 Å². The van der Waals surface area contributed by atoms with Crippen LogP contribution in [-0.4, -0.2) is 43.8 Å². The monoisotopic (exact) mass is 266 g/mol. The first-order chi connectivity index (χ1) is 9.05. The maximum Gasteiger partial charge on any atom is 0.310 e. The first kappa shape index (κ1) is 14.0. The molecule has 106 valence electrons. The first-order valence-corrected chi connectivity index (χ1v) is 6.87. The van der Waals surface area contributed by atoms with E-state index in [0.717, 1.165) is 38.2 Å². The third-order valence-electron chi connectivity index (χ3n) is 3.79. The highest BCUT2D eigenvalue weighted by molar-refractivity contribution is 5.74. The molecule has 0 aromatic carbocycles. The number of hydrogen-bond acceptors (Lipinski definition) is 4. The van der Waals surface area contributed by atoms with Crippen molar-refractivity contribution in [2.75, 3.05) is 13.1 Å². The van der Waals surface area contributed by atoms with Gasteiger partial charge in [-0.15, -0.1) is 0 Å². The van der Waals surface area contributed by atoms with Crippen LogP contribution in [0, 0.1) is 5.41 Å². The molecule has 19 heavy (non-hydrogen) atoms. The summed E-state index contributed by atoms with van der Waals surface area (Å²) in [6, 6.07) is 0. The van der Waals surface area contributed by atoms with Gasteiger partial charge in [0.2, 0.25) is 0 Å². The molecule has 1 aliphatic rings. The van der Waals surface area contributed by atoms with Gasteiger partial charge in [0.05, 0.1) is 12.0 Å². The summed E-state index contributed by atoms with van der Waals surface area (Å²) >= 11 is 0. The van der Waals surface area contributed by atoms with E-state index in [-0.39, 0.29) is 0 Å². The molecule has 0 radical (unpaired) electrons. The Morgan fingerprint density at radius 2 is 2.37 bits per heavy atom. The van der Waals surface area contributed by atoms with Crippen molar-refractivity contribution in [2.24, 2.45) is 5.41 Å². The molecule has 0 spiro atoms. The van der Waals surface area contributed by atoms with Gasteiger partial charge in [0, 0.05) is 13.1 Å². The van der Waals surface area contributed by atoms with Gasteiger partial charge in [-0.05, 0) is 32.7 Å². The number of hydrogen-bond donors (Lipinski definition) is 1. The molecule has 0 saturated carbocycles. The Morgan fingerprint density at radius 1 is 1.58 bits per heavy atom. The lowest BCUT2D eigenvalue weighted by molar-refractivity contribution is -0.151. The fourth-order valence-corrected chi connectivity index (χ4v) is 2.66. The Bertz CT molecular complexity index is 446. The van der Waals surface area contributed by atoms with E-state index in [1.54, 1.807) is 6.33 Å². The van der Waals surface area contributed by atoms with Crippen LogP contribution in [0.5, 0.6) is 0 Å². The fourth-order valence-electron chi connectivity index (χ4n) is 2.66. The molecule has 0 aliphatic carbocycles. The molecule has 0 amide bonds. The Balaban J connectivity index is 2.02. The molecule has 0 bridgehead atoms. The summed E-state index contributed by atoms with van der Waals surface area (Å²) in [7, 11) is 0. The largest absolute Gasteiger partial charge is 0.481 e. The average molecular weight is 266 g/mol. The van der Waals surface area contributed by atoms with Gasteiger partial charge in [-0.2, -0.15) is 5.10 Å². The van der Waals surface area contributed by atoms with Gasteiger partial charge in [0.1, 0.15) is 12.2 Å². The summed E-state index contributed by atoms with van der Waals surface area (Å²) in [6.07, 6.45) is 4.26. The highest BCUT2D eigenvalue weighted by Gasteiger charge is 2.37. The number of carboxylic acids is 1. The highest BCUT2D eigenvalue weighted by Crippen LogP contribution is 2.30. The maximum atomic E-state index is 11.3. The van der Waals surface area contributed by atoms with Crippen molar-refractivity contribution in [3.63, 3.8) is 0 Å². The second-order valence-corrected chi connectivity index (χ2v) is 5.58. The number of carboxylic acid groups (broad SMARTS) is 1. The summed E-state index contributed by atoms with van der Waals surface area (Å²) in [5.74, 6) is 0.226. The molecule has 1 saturated heterocycles. The van der Waals surface area contributed by atoms with Crippen molar-refractivity contribution in [1.82, 2.24) is 19.7 Å². The quantitative estimate of drug-likeness (QED) is 0.871. The number of carbonyl (C=O) groups is 1. The fraction of sp³-hybridized carbons (Fsp3) is 0.769. The SMILES string of the molecule is CCCn1ncnc1CN1CCCC(C)(C(=O)O)C1. The van der Waals surface area contributed by atoms with Crippen LogP contribution in [0.3, 0.4) is 0 Å². The summed E-state index contributed by atoms with van der Waals surface area (Å²) in [6.45, 7) is 7.00. The van der Waals surface area contributed by atoms with Gasteiger partial charge in [0.25, 0.3) is 0 Å². The molecule has 2 heterocycles. The predicted octanol–water partition coefficient (Wildman–Crippen LogP) is 1.37. The molecule has 1 N–H and O–H groups in total. The van der Waals surface area contributed by atoms with Crippen molar-refractivity contribution in [2.45, 2.75) is 46.2 Å². The summed E-state index contributed by atoms with van der Waals surface area (Å²) in [4.78, 5) is 17.8. The Labute approximate surface area is 113 Å². The molecule has 2 rings (SSSR count). The normalized spacial score (nSPS) is 24.5. The van der Waals surface area contributed by atoms with E-state index < -0.39 is 11.4 Å². The Kier molecular flexibility index (Phi) is 4.19. The number of likely N-dealkylation sites (tertiary alicyclic amines) is 1.